The number of rotatable bonds is 7. The van der Waals surface area contributed by atoms with E-state index in [1.807, 2.05) is 6.07 Å². The van der Waals surface area contributed by atoms with E-state index in [0.29, 0.717) is 66.1 Å². The Balaban J connectivity index is 1.26. The van der Waals surface area contributed by atoms with Crippen LogP contribution in [-0.2, 0) is 14.8 Å². The normalized spacial score (nSPS) is 21.8. The molecule has 38 heavy (non-hydrogen) atoms. The molecule has 1 amide bonds. The molecule has 3 fully saturated rings. The van der Waals surface area contributed by atoms with Crippen LogP contribution in [0.15, 0.2) is 30.3 Å². The van der Waals surface area contributed by atoms with Crippen LogP contribution in [0.2, 0.25) is 0 Å². The number of aliphatic hydroxyl groups excluding tert-OH is 1. The molecular formula is C26H33N5O6S. The first-order chi connectivity index (χ1) is 18.3. The number of amides is 1. The van der Waals surface area contributed by atoms with Crippen molar-refractivity contribution in [3.05, 3.63) is 35.9 Å². The summed E-state index contributed by atoms with van der Waals surface area (Å²) in [7, 11) is -3.70. The van der Waals surface area contributed by atoms with Gasteiger partial charge >= 0.3 is 0 Å². The van der Waals surface area contributed by atoms with Gasteiger partial charge in [-0.1, -0.05) is 0 Å². The number of carbonyl (C=O) groups excluding carboxylic acids is 1. The summed E-state index contributed by atoms with van der Waals surface area (Å²) in [6.07, 6.45) is 4.63. The Morgan fingerprint density at radius 2 is 1.92 bits per heavy atom. The first-order valence-electron chi connectivity index (χ1n) is 13.1. The second-order valence-corrected chi connectivity index (χ2v) is 12.4. The average Bonchev–Trinajstić information content (AvgIpc) is 3.67. The summed E-state index contributed by atoms with van der Waals surface area (Å²) >= 11 is 0. The molecule has 0 bridgehead atoms. The number of ether oxygens (including phenoxy) is 2. The van der Waals surface area contributed by atoms with Gasteiger partial charge in [0, 0.05) is 19.6 Å². The molecule has 1 aromatic heterocycles. The third-order valence-corrected chi connectivity index (χ3v) is 9.28. The first-order valence-corrected chi connectivity index (χ1v) is 14.8. The minimum absolute atomic E-state index is 0.0947. The first kappa shape index (κ1) is 25.2. The summed E-state index contributed by atoms with van der Waals surface area (Å²) in [6, 6.07) is 8.57. The lowest BCUT2D eigenvalue weighted by Crippen LogP contribution is -2.51. The maximum Gasteiger partial charge on any atom is 0.258 e. The molecule has 204 valence electrons. The molecule has 1 aromatic carbocycles. The number of carbonyl (C=O) groups is 1. The summed E-state index contributed by atoms with van der Waals surface area (Å²) in [6.45, 7) is 3.57. The van der Waals surface area contributed by atoms with Crippen LogP contribution in [0.4, 0.5) is 23.0 Å². The number of benzene rings is 1. The van der Waals surface area contributed by atoms with Crippen molar-refractivity contribution in [3.8, 4) is 5.75 Å². The molecule has 11 nitrogen and oxygen atoms in total. The molecule has 3 aliphatic heterocycles. The fraction of sp³-hybridized carbons (Fsp3) is 0.538. The maximum atomic E-state index is 13.6. The summed E-state index contributed by atoms with van der Waals surface area (Å²) in [5.41, 5.74) is 1.93. The topological polar surface area (TPSA) is 133 Å². The molecule has 4 aliphatic rings. The van der Waals surface area contributed by atoms with Gasteiger partial charge in [0.25, 0.3) is 5.91 Å². The summed E-state index contributed by atoms with van der Waals surface area (Å²) < 4.78 is 38.5. The second-order valence-electron chi connectivity index (χ2n) is 10.6. The van der Waals surface area contributed by atoms with Gasteiger partial charge in [-0.15, -0.1) is 0 Å². The number of anilines is 4. The van der Waals surface area contributed by atoms with Crippen LogP contribution >= 0.6 is 0 Å². The largest absolute Gasteiger partial charge is 0.487 e. The fourth-order valence-electron chi connectivity index (χ4n) is 5.56. The number of hydrogen-bond donors (Lipinski definition) is 3. The molecule has 12 heteroatoms. The smallest absolute Gasteiger partial charge is 0.258 e. The fourth-order valence-corrected chi connectivity index (χ4v) is 6.39. The zero-order chi connectivity index (χ0) is 26.3. The number of aromatic nitrogens is 1. The van der Waals surface area contributed by atoms with Crippen molar-refractivity contribution in [1.29, 1.82) is 0 Å². The SMILES string of the molecule is O=C(Nc1ccc2c(n1)N1CCOCC1CO2)c1ccc(NS(=O)(=O)CCO)cc1N1CCC2(CC1)CC2. The van der Waals surface area contributed by atoms with Crippen LogP contribution in [0.5, 0.6) is 5.75 Å². The lowest BCUT2D eigenvalue weighted by Gasteiger charge is -2.40. The number of nitrogens with one attached hydrogen (secondary N) is 2. The Hall–Kier alpha value is -3.09. The van der Waals surface area contributed by atoms with E-state index in [2.05, 4.69) is 19.8 Å². The van der Waals surface area contributed by atoms with Crippen molar-refractivity contribution >= 4 is 38.9 Å². The number of morpholine rings is 1. The van der Waals surface area contributed by atoms with E-state index in [0.717, 1.165) is 25.9 Å². The van der Waals surface area contributed by atoms with Crippen LogP contribution in [-0.4, -0.2) is 82.3 Å². The molecule has 2 saturated heterocycles. The highest BCUT2D eigenvalue weighted by Gasteiger charge is 2.44. The Labute approximate surface area is 222 Å². The van der Waals surface area contributed by atoms with E-state index < -0.39 is 22.4 Å². The third kappa shape index (κ3) is 5.12. The van der Waals surface area contributed by atoms with Gasteiger partial charge in [-0.05, 0) is 61.4 Å². The van der Waals surface area contributed by atoms with Gasteiger partial charge in [-0.25, -0.2) is 13.4 Å². The van der Waals surface area contributed by atoms with Gasteiger partial charge < -0.3 is 29.7 Å². The van der Waals surface area contributed by atoms with E-state index in [9.17, 15) is 13.2 Å². The summed E-state index contributed by atoms with van der Waals surface area (Å²) in [5, 5.41) is 12.0. The number of aliphatic hydroxyl groups is 1. The lowest BCUT2D eigenvalue weighted by molar-refractivity contribution is 0.0697. The number of sulfonamides is 1. The van der Waals surface area contributed by atoms with E-state index in [1.165, 1.54) is 12.8 Å². The second kappa shape index (κ2) is 9.90. The highest BCUT2D eigenvalue weighted by atomic mass is 32.2. The molecular weight excluding hydrogens is 510 g/mol. The Morgan fingerprint density at radius 1 is 1.11 bits per heavy atom. The predicted molar refractivity (Wildman–Crippen MR) is 144 cm³/mol. The number of pyridine rings is 1. The highest BCUT2D eigenvalue weighted by Crippen LogP contribution is 2.54. The predicted octanol–water partition coefficient (Wildman–Crippen LogP) is 2.05. The number of nitrogens with zero attached hydrogens (tertiary/aromatic N) is 3. The van der Waals surface area contributed by atoms with Gasteiger partial charge in [-0.2, -0.15) is 0 Å². The number of hydrogen-bond acceptors (Lipinski definition) is 9. The zero-order valence-corrected chi connectivity index (χ0v) is 22.0. The summed E-state index contributed by atoms with van der Waals surface area (Å²) in [4.78, 5) is 22.6. The van der Waals surface area contributed by atoms with Crippen molar-refractivity contribution in [2.75, 3.05) is 71.7 Å². The molecule has 3 N–H and O–H groups in total. The Morgan fingerprint density at radius 3 is 2.68 bits per heavy atom. The van der Waals surface area contributed by atoms with Crippen LogP contribution in [0.3, 0.4) is 0 Å². The molecule has 1 spiro atoms. The van der Waals surface area contributed by atoms with Gasteiger partial charge in [0.05, 0.1) is 48.6 Å². The molecule has 1 atom stereocenters. The number of piperidine rings is 1. The minimum atomic E-state index is -3.70. The van der Waals surface area contributed by atoms with Gasteiger partial charge in [0.15, 0.2) is 11.6 Å². The van der Waals surface area contributed by atoms with Gasteiger partial charge in [-0.3, -0.25) is 9.52 Å². The Kier molecular flexibility index (Phi) is 6.57. The lowest BCUT2D eigenvalue weighted by atomic mass is 9.93. The Bertz CT molecular complexity index is 1320. The molecule has 6 rings (SSSR count). The molecule has 1 aliphatic carbocycles. The van der Waals surface area contributed by atoms with E-state index in [1.54, 1.807) is 24.3 Å². The van der Waals surface area contributed by atoms with Crippen molar-refractivity contribution in [2.24, 2.45) is 5.41 Å². The molecule has 4 heterocycles. The molecule has 0 radical (unpaired) electrons. The van der Waals surface area contributed by atoms with Crippen LogP contribution < -0.4 is 24.6 Å². The molecule has 1 saturated carbocycles. The quantitative estimate of drug-likeness (QED) is 0.480. The highest BCUT2D eigenvalue weighted by molar-refractivity contribution is 7.92. The van der Waals surface area contributed by atoms with Crippen molar-refractivity contribution in [1.82, 2.24) is 4.98 Å². The van der Waals surface area contributed by atoms with Gasteiger partial charge in [0.1, 0.15) is 12.4 Å². The van der Waals surface area contributed by atoms with Crippen LogP contribution in [0.25, 0.3) is 0 Å². The average molecular weight is 544 g/mol. The van der Waals surface area contributed by atoms with Crippen molar-refractivity contribution in [2.45, 2.75) is 31.7 Å². The van der Waals surface area contributed by atoms with Crippen molar-refractivity contribution < 1.29 is 27.8 Å². The molecule has 2 aromatic rings. The molecule has 1 unspecified atom stereocenters. The summed E-state index contributed by atoms with van der Waals surface area (Å²) in [5.74, 6) is 1.08. The van der Waals surface area contributed by atoms with Gasteiger partial charge in [0.2, 0.25) is 10.0 Å². The minimum Gasteiger partial charge on any atom is -0.487 e. The third-order valence-electron chi connectivity index (χ3n) is 8.01. The standard InChI is InChI=1S/C26H33N5O6S/c32-12-14-38(34,35)29-18-1-2-20(21(15-18)30-9-7-26(5-6-26)8-10-30)25(33)28-23-4-3-22-24(27-23)31-11-13-36-16-19(31)17-37-22/h1-4,15,19,29,32H,5-14,16-17H2,(H,27,28,33). The van der Waals surface area contributed by atoms with Crippen LogP contribution in [0.1, 0.15) is 36.0 Å². The van der Waals surface area contributed by atoms with E-state index in [4.69, 9.17) is 19.6 Å². The van der Waals surface area contributed by atoms with E-state index in [-0.39, 0.29) is 11.9 Å². The monoisotopic (exact) mass is 543 g/mol. The van der Waals surface area contributed by atoms with E-state index >= 15 is 0 Å². The van der Waals surface area contributed by atoms with Crippen LogP contribution in [0, 0.1) is 5.41 Å². The number of fused-ring (bicyclic) bond motifs is 3. The van der Waals surface area contributed by atoms with Crippen molar-refractivity contribution in [3.63, 3.8) is 0 Å². The zero-order valence-electron chi connectivity index (χ0n) is 21.2. The maximum absolute atomic E-state index is 13.6.